The molecule has 178 valence electrons. The van der Waals surface area contributed by atoms with Crippen molar-refractivity contribution in [1.29, 1.82) is 0 Å². The predicted molar refractivity (Wildman–Crippen MR) is 122 cm³/mol. The van der Waals surface area contributed by atoms with Crippen molar-refractivity contribution in [3.05, 3.63) is 78.4 Å². The molecule has 3 aromatic heterocycles. The second-order valence-electron chi connectivity index (χ2n) is 8.29. The van der Waals surface area contributed by atoms with Gasteiger partial charge in [-0.25, -0.2) is 0 Å². The van der Waals surface area contributed by atoms with E-state index in [9.17, 15) is 14.4 Å². The summed E-state index contributed by atoms with van der Waals surface area (Å²) in [6.07, 6.45) is 11.2. The van der Waals surface area contributed by atoms with E-state index in [0.29, 0.717) is 11.3 Å². The molecule has 1 aliphatic carbocycles. The number of carbonyl (C=O) groups excluding carboxylic acids is 3. The molecule has 3 heterocycles. The first-order valence-electron chi connectivity index (χ1n) is 11.5. The highest BCUT2D eigenvalue weighted by Gasteiger charge is 2.33. The summed E-state index contributed by atoms with van der Waals surface area (Å²) in [4.78, 5) is 44.8. The maximum Gasteiger partial charge on any atom is 0.287 e. The molecule has 9 nitrogen and oxygen atoms in total. The fraction of sp³-hybridized carbons (Fsp3) is 0.360. The molecular formula is C25H28N4O5. The van der Waals surface area contributed by atoms with Gasteiger partial charge in [-0.3, -0.25) is 19.4 Å². The van der Waals surface area contributed by atoms with Gasteiger partial charge in [-0.05, 0) is 43.2 Å². The first-order valence-corrected chi connectivity index (χ1v) is 11.5. The summed E-state index contributed by atoms with van der Waals surface area (Å²) in [5, 5.41) is 5.70. The van der Waals surface area contributed by atoms with E-state index in [1.807, 2.05) is 0 Å². The second-order valence-corrected chi connectivity index (χ2v) is 8.29. The van der Waals surface area contributed by atoms with Crippen LogP contribution in [0.3, 0.4) is 0 Å². The summed E-state index contributed by atoms with van der Waals surface area (Å²) in [6, 6.07) is 9.18. The molecule has 1 fully saturated rings. The molecule has 0 bridgehead atoms. The van der Waals surface area contributed by atoms with Crippen LogP contribution in [0.2, 0.25) is 0 Å². The number of furan rings is 2. The van der Waals surface area contributed by atoms with Gasteiger partial charge in [0, 0.05) is 24.0 Å². The molecular weight excluding hydrogens is 436 g/mol. The minimum absolute atomic E-state index is 0.0557. The molecule has 1 saturated carbocycles. The molecule has 0 radical (unpaired) electrons. The second kappa shape index (κ2) is 11.3. The van der Waals surface area contributed by atoms with Gasteiger partial charge in [0.2, 0.25) is 11.8 Å². The van der Waals surface area contributed by atoms with Crippen LogP contribution in [0.1, 0.15) is 60.0 Å². The van der Waals surface area contributed by atoms with Crippen molar-refractivity contribution in [2.45, 2.75) is 50.7 Å². The van der Waals surface area contributed by atoms with Gasteiger partial charge in [-0.15, -0.1) is 0 Å². The van der Waals surface area contributed by atoms with Gasteiger partial charge in [0.05, 0.1) is 25.6 Å². The molecule has 4 rings (SSSR count). The third-order valence-corrected chi connectivity index (χ3v) is 5.88. The Bertz CT molecular complexity index is 1060. The van der Waals surface area contributed by atoms with Crippen molar-refractivity contribution in [1.82, 2.24) is 20.5 Å². The largest absolute Gasteiger partial charge is 0.467 e. The van der Waals surface area contributed by atoms with E-state index >= 15 is 0 Å². The number of nitrogens with one attached hydrogen (secondary N) is 2. The zero-order valence-corrected chi connectivity index (χ0v) is 18.8. The minimum Gasteiger partial charge on any atom is -0.467 e. The number of aromatic nitrogens is 1. The Morgan fingerprint density at radius 3 is 2.50 bits per heavy atom. The third kappa shape index (κ3) is 5.92. The van der Waals surface area contributed by atoms with Gasteiger partial charge in [0.25, 0.3) is 5.91 Å². The van der Waals surface area contributed by atoms with Crippen molar-refractivity contribution < 1.29 is 23.2 Å². The summed E-state index contributed by atoms with van der Waals surface area (Å²) in [7, 11) is 0. The van der Waals surface area contributed by atoms with E-state index in [-0.39, 0.29) is 30.8 Å². The fourth-order valence-corrected chi connectivity index (χ4v) is 4.18. The standard InChI is InChI=1S/C25H28N4O5/c30-22(16-27-24(31)21-11-6-14-34-21)29(17-20-10-5-13-33-20)23(18-7-4-12-26-15-18)25(32)28-19-8-2-1-3-9-19/h4-7,10-15,19,23H,1-3,8-9,16-17H2,(H,27,31)(H,28,32)/t23-/m1/s1. The molecule has 0 aliphatic heterocycles. The maximum atomic E-state index is 13.5. The molecule has 0 spiro atoms. The number of hydrogen-bond donors (Lipinski definition) is 2. The lowest BCUT2D eigenvalue weighted by Gasteiger charge is -2.32. The molecule has 0 aromatic carbocycles. The average Bonchev–Trinajstić information content (AvgIpc) is 3.58. The topological polar surface area (TPSA) is 118 Å². The Hall–Kier alpha value is -3.88. The summed E-state index contributed by atoms with van der Waals surface area (Å²) in [6.45, 7) is -0.256. The van der Waals surface area contributed by atoms with Crippen LogP contribution in [0.5, 0.6) is 0 Å². The summed E-state index contributed by atoms with van der Waals surface area (Å²) < 4.78 is 10.6. The Labute approximate surface area is 197 Å². The van der Waals surface area contributed by atoms with E-state index in [0.717, 1.165) is 32.1 Å². The minimum atomic E-state index is -0.936. The molecule has 1 aliphatic rings. The molecule has 34 heavy (non-hydrogen) atoms. The normalized spacial score (nSPS) is 14.8. The Kier molecular flexibility index (Phi) is 7.75. The Balaban J connectivity index is 1.58. The van der Waals surface area contributed by atoms with Crippen LogP contribution in [0, 0.1) is 0 Å². The molecule has 3 amide bonds. The van der Waals surface area contributed by atoms with Gasteiger partial charge in [-0.2, -0.15) is 0 Å². The zero-order chi connectivity index (χ0) is 23.8. The lowest BCUT2D eigenvalue weighted by Crippen LogP contribution is -2.49. The SMILES string of the molecule is O=C(NCC(=O)N(Cc1ccco1)[C@@H](C(=O)NC1CCCCC1)c1cccnc1)c1ccco1. The van der Waals surface area contributed by atoms with Gasteiger partial charge in [-0.1, -0.05) is 25.3 Å². The van der Waals surface area contributed by atoms with E-state index in [1.54, 1.807) is 42.7 Å². The number of pyridine rings is 1. The lowest BCUT2D eigenvalue weighted by molar-refractivity contribution is -0.141. The highest BCUT2D eigenvalue weighted by atomic mass is 16.3. The fourth-order valence-electron chi connectivity index (χ4n) is 4.18. The lowest BCUT2D eigenvalue weighted by atomic mass is 9.95. The van der Waals surface area contributed by atoms with Gasteiger partial charge >= 0.3 is 0 Å². The number of hydrogen-bond acceptors (Lipinski definition) is 6. The molecule has 1 atom stereocenters. The number of carbonyl (C=O) groups is 3. The van der Waals surface area contributed by atoms with Gasteiger partial charge < -0.3 is 24.4 Å². The Morgan fingerprint density at radius 1 is 1.03 bits per heavy atom. The van der Waals surface area contributed by atoms with E-state index in [1.165, 1.54) is 23.5 Å². The highest BCUT2D eigenvalue weighted by molar-refractivity contribution is 5.95. The van der Waals surface area contributed by atoms with Crippen LogP contribution in [-0.2, 0) is 16.1 Å². The summed E-state index contributed by atoms with van der Waals surface area (Å²) in [5.74, 6) is -0.615. The average molecular weight is 465 g/mol. The van der Waals surface area contributed by atoms with Crippen LogP contribution in [0.25, 0.3) is 0 Å². The van der Waals surface area contributed by atoms with Crippen LogP contribution in [-0.4, -0.2) is 40.2 Å². The summed E-state index contributed by atoms with van der Waals surface area (Å²) >= 11 is 0. The van der Waals surface area contributed by atoms with Crippen molar-refractivity contribution in [3.63, 3.8) is 0 Å². The van der Waals surface area contributed by atoms with E-state index < -0.39 is 17.9 Å². The first kappa shape index (κ1) is 23.3. The van der Waals surface area contributed by atoms with Crippen LogP contribution < -0.4 is 10.6 Å². The Morgan fingerprint density at radius 2 is 1.82 bits per heavy atom. The van der Waals surface area contributed by atoms with Crippen LogP contribution >= 0.6 is 0 Å². The molecule has 2 N–H and O–H groups in total. The molecule has 3 aromatic rings. The van der Waals surface area contributed by atoms with Crippen LogP contribution in [0.4, 0.5) is 0 Å². The van der Waals surface area contributed by atoms with E-state index in [4.69, 9.17) is 8.83 Å². The molecule has 9 heteroatoms. The van der Waals surface area contributed by atoms with Crippen molar-refractivity contribution in [3.8, 4) is 0 Å². The number of rotatable bonds is 9. The maximum absolute atomic E-state index is 13.5. The van der Waals surface area contributed by atoms with Gasteiger partial charge in [0.1, 0.15) is 11.8 Å². The van der Waals surface area contributed by atoms with Gasteiger partial charge in [0.15, 0.2) is 5.76 Å². The number of amides is 3. The van der Waals surface area contributed by atoms with Crippen molar-refractivity contribution >= 4 is 17.7 Å². The third-order valence-electron chi connectivity index (χ3n) is 5.88. The highest BCUT2D eigenvalue weighted by Crippen LogP contribution is 2.25. The predicted octanol–water partition coefficient (Wildman–Crippen LogP) is 3.22. The molecule has 0 unspecified atom stereocenters. The zero-order valence-electron chi connectivity index (χ0n) is 18.8. The monoisotopic (exact) mass is 464 g/mol. The first-order chi connectivity index (χ1) is 16.6. The van der Waals surface area contributed by atoms with Crippen molar-refractivity contribution in [2.24, 2.45) is 0 Å². The van der Waals surface area contributed by atoms with Crippen LogP contribution in [0.15, 0.2) is 70.2 Å². The summed E-state index contributed by atoms with van der Waals surface area (Å²) in [5.41, 5.74) is 0.577. The van der Waals surface area contributed by atoms with Crippen molar-refractivity contribution in [2.75, 3.05) is 6.54 Å². The smallest absolute Gasteiger partial charge is 0.287 e. The number of nitrogens with zero attached hydrogens (tertiary/aromatic N) is 2. The molecule has 0 saturated heterocycles. The van der Waals surface area contributed by atoms with E-state index in [2.05, 4.69) is 15.6 Å². The quantitative estimate of drug-likeness (QED) is 0.502.